The van der Waals surface area contributed by atoms with E-state index in [1.54, 1.807) is 11.3 Å². The highest BCUT2D eigenvalue weighted by molar-refractivity contribution is 7.17. The Labute approximate surface area is 80.8 Å². The molecule has 4 heteroatoms. The number of nitrogens with one attached hydrogen (secondary N) is 1. The number of fused-ring (bicyclic) bond motifs is 1. The molecule has 0 saturated heterocycles. The first-order valence-corrected chi connectivity index (χ1v) is 4.22. The summed E-state index contributed by atoms with van der Waals surface area (Å²) in [5, 5.41) is 3.32. The van der Waals surface area contributed by atoms with Crippen molar-refractivity contribution in [2.75, 3.05) is 5.43 Å². The van der Waals surface area contributed by atoms with Gasteiger partial charge in [0.25, 0.3) is 0 Å². The van der Waals surface area contributed by atoms with E-state index in [1.807, 2.05) is 12.1 Å². The quantitative estimate of drug-likeness (QED) is 0.549. The van der Waals surface area contributed by atoms with E-state index in [-0.39, 0.29) is 12.4 Å². The van der Waals surface area contributed by atoms with Gasteiger partial charge in [0.1, 0.15) is 0 Å². The normalized spacial score (nSPS) is 9.42. The molecule has 2 rings (SSSR count). The van der Waals surface area contributed by atoms with Gasteiger partial charge in [0.2, 0.25) is 0 Å². The van der Waals surface area contributed by atoms with E-state index >= 15 is 0 Å². The van der Waals surface area contributed by atoms with Crippen LogP contribution in [0.2, 0.25) is 0 Å². The second-order valence-electron chi connectivity index (χ2n) is 2.32. The molecule has 0 fully saturated rings. The van der Waals surface area contributed by atoms with Crippen LogP contribution in [0.4, 0.5) is 5.69 Å². The summed E-state index contributed by atoms with van der Waals surface area (Å²) in [6.07, 6.45) is 0. The maximum absolute atomic E-state index is 5.26. The molecule has 1 heterocycles. The Morgan fingerprint density at radius 1 is 1.25 bits per heavy atom. The molecule has 0 aliphatic rings. The van der Waals surface area contributed by atoms with E-state index in [1.165, 1.54) is 10.1 Å². The molecule has 12 heavy (non-hydrogen) atoms. The Morgan fingerprint density at radius 3 is 2.83 bits per heavy atom. The molecule has 0 spiro atoms. The molecule has 0 amide bonds. The van der Waals surface area contributed by atoms with Crippen LogP contribution < -0.4 is 11.3 Å². The van der Waals surface area contributed by atoms with Crippen molar-refractivity contribution in [1.82, 2.24) is 0 Å². The van der Waals surface area contributed by atoms with Gasteiger partial charge in [-0.2, -0.15) is 0 Å². The smallest absolute Gasteiger partial charge is 0.0492 e. The third kappa shape index (κ3) is 1.53. The molecule has 3 N–H and O–H groups in total. The Morgan fingerprint density at radius 2 is 2.08 bits per heavy atom. The number of nitrogen functional groups attached to an aromatic ring is 1. The third-order valence-electron chi connectivity index (χ3n) is 1.62. The highest BCUT2D eigenvalue weighted by atomic mass is 35.5. The minimum atomic E-state index is 0. The van der Waals surface area contributed by atoms with Crippen LogP contribution in [0.3, 0.4) is 0 Å². The number of benzene rings is 1. The first-order valence-electron chi connectivity index (χ1n) is 3.34. The fourth-order valence-corrected chi connectivity index (χ4v) is 1.83. The third-order valence-corrected chi connectivity index (χ3v) is 2.52. The molecule has 1 aromatic heterocycles. The van der Waals surface area contributed by atoms with Gasteiger partial charge in [-0.1, -0.05) is 0 Å². The van der Waals surface area contributed by atoms with E-state index in [0.29, 0.717) is 0 Å². The lowest BCUT2D eigenvalue weighted by molar-refractivity contribution is 1.36. The molecule has 0 atom stereocenters. The average Bonchev–Trinajstić information content (AvgIpc) is 2.50. The molecule has 0 saturated carbocycles. The molecule has 0 aliphatic carbocycles. The molecular weight excluding hydrogens is 192 g/mol. The van der Waals surface area contributed by atoms with Crippen molar-refractivity contribution in [3.05, 3.63) is 29.6 Å². The highest BCUT2D eigenvalue weighted by Gasteiger charge is 1.94. The molecule has 1 aromatic carbocycles. The van der Waals surface area contributed by atoms with Gasteiger partial charge in [0, 0.05) is 10.4 Å². The summed E-state index contributed by atoms with van der Waals surface area (Å²) >= 11 is 1.74. The van der Waals surface area contributed by atoms with Crippen LogP contribution in [0.25, 0.3) is 10.1 Å². The van der Waals surface area contributed by atoms with Crippen LogP contribution in [0.5, 0.6) is 0 Å². The monoisotopic (exact) mass is 200 g/mol. The lowest BCUT2D eigenvalue weighted by atomic mass is 10.2. The Balaban J connectivity index is 0.000000720. The Kier molecular flexibility index (Phi) is 2.92. The largest absolute Gasteiger partial charge is 0.324 e. The minimum Gasteiger partial charge on any atom is -0.324 e. The minimum absolute atomic E-state index is 0. The van der Waals surface area contributed by atoms with E-state index in [0.717, 1.165) is 5.69 Å². The zero-order chi connectivity index (χ0) is 7.68. The lowest BCUT2D eigenvalue weighted by Gasteiger charge is -1.97. The van der Waals surface area contributed by atoms with Crippen molar-refractivity contribution in [3.8, 4) is 0 Å². The van der Waals surface area contributed by atoms with Crippen LogP contribution in [0, 0.1) is 0 Å². The summed E-state index contributed by atoms with van der Waals surface area (Å²) in [6.45, 7) is 0. The summed E-state index contributed by atoms with van der Waals surface area (Å²) in [6, 6.07) is 8.15. The van der Waals surface area contributed by atoms with Crippen molar-refractivity contribution >= 4 is 39.5 Å². The lowest BCUT2D eigenvalue weighted by Crippen LogP contribution is -2.05. The second kappa shape index (κ2) is 3.76. The SMILES string of the molecule is Cl.NNc1ccc2sccc2c1. The van der Waals surface area contributed by atoms with Crippen LogP contribution in [0.15, 0.2) is 29.6 Å². The van der Waals surface area contributed by atoms with Gasteiger partial charge in [-0.15, -0.1) is 23.7 Å². The molecule has 2 nitrogen and oxygen atoms in total. The maximum Gasteiger partial charge on any atom is 0.0492 e. The summed E-state index contributed by atoms with van der Waals surface area (Å²) < 4.78 is 1.30. The average molecular weight is 201 g/mol. The highest BCUT2D eigenvalue weighted by Crippen LogP contribution is 2.23. The number of nitrogens with two attached hydrogens (primary N) is 1. The molecular formula is C8H9ClN2S. The van der Waals surface area contributed by atoms with Crippen LogP contribution in [0.1, 0.15) is 0 Å². The van der Waals surface area contributed by atoms with Gasteiger partial charge < -0.3 is 5.43 Å². The molecule has 0 aliphatic heterocycles. The second-order valence-corrected chi connectivity index (χ2v) is 3.27. The topological polar surface area (TPSA) is 38.0 Å². The van der Waals surface area contributed by atoms with Crippen LogP contribution in [-0.4, -0.2) is 0 Å². The Bertz CT molecular complexity index is 372. The summed E-state index contributed by atoms with van der Waals surface area (Å²) in [4.78, 5) is 0. The number of hydrazine groups is 1. The summed E-state index contributed by atoms with van der Waals surface area (Å²) in [5.41, 5.74) is 3.57. The number of thiophene rings is 1. The molecule has 0 bridgehead atoms. The number of rotatable bonds is 1. The predicted molar refractivity (Wildman–Crippen MR) is 56.9 cm³/mol. The summed E-state index contributed by atoms with van der Waals surface area (Å²) in [7, 11) is 0. The number of halogens is 1. The van der Waals surface area contributed by atoms with Crippen molar-refractivity contribution in [3.63, 3.8) is 0 Å². The molecule has 0 unspecified atom stereocenters. The molecule has 2 aromatic rings. The van der Waals surface area contributed by atoms with Gasteiger partial charge in [-0.3, -0.25) is 5.84 Å². The van der Waals surface area contributed by atoms with Gasteiger partial charge in [-0.05, 0) is 35.0 Å². The van der Waals surface area contributed by atoms with Crippen molar-refractivity contribution in [1.29, 1.82) is 0 Å². The number of hydrogen-bond acceptors (Lipinski definition) is 3. The number of hydrogen-bond donors (Lipinski definition) is 2. The van der Waals surface area contributed by atoms with Crippen LogP contribution >= 0.6 is 23.7 Å². The fraction of sp³-hybridized carbons (Fsp3) is 0. The van der Waals surface area contributed by atoms with Gasteiger partial charge in [0.15, 0.2) is 0 Å². The maximum atomic E-state index is 5.26. The van der Waals surface area contributed by atoms with Crippen molar-refractivity contribution in [2.45, 2.75) is 0 Å². The van der Waals surface area contributed by atoms with Crippen molar-refractivity contribution < 1.29 is 0 Å². The predicted octanol–water partition coefficient (Wildman–Crippen LogP) is 2.61. The van der Waals surface area contributed by atoms with Gasteiger partial charge in [-0.25, -0.2) is 0 Å². The Hall–Kier alpha value is -0.770. The van der Waals surface area contributed by atoms with Crippen molar-refractivity contribution in [2.24, 2.45) is 5.84 Å². The number of anilines is 1. The zero-order valence-electron chi connectivity index (χ0n) is 6.28. The van der Waals surface area contributed by atoms with E-state index in [2.05, 4.69) is 22.9 Å². The van der Waals surface area contributed by atoms with E-state index in [4.69, 9.17) is 5.84 Å². The summed E-state index contributed by atoms with van der Waals surface area (Å²) in [5.74, 6) is 5.26. The van der Waals surface area contributed by atoms with Crippen LogP contribution in [-0.2, 0) is 0 Å². The standard InChI is InChI=1S/C8H8N2S.ClH/c9-10-7-1-2-8-6(5-7)3-4-11-8;/h1-5,10H,9H2;1H. The van der Waals surface area contributed by atoms with Gasteiger partial charge in [0.05, 0.1) is 0 Å². The fourth-order valence-electron chi connectivity index (χ4n) is 1.06. The first-order chi connectivity index (χ1) is 5.40. The van der Waals surface area contributed by atoms with E-state index in [9.17, 15) is 0 Å². The molecule has 64 valence electrons. The first kappa shape index (κ1) is 9.32. The molecule has 0 radical (unpaired) electrons. The van der Waals surface area contributed by atoms with E-state index < -0.39 is 0 Å². The zero-order valence-corrected chi connectivity index (χ0v) is 7.91. The van der Waals surface area contributed by atoms with Gasteiger partial charge >= 0.3 is 0 Å².